The third-order valence-electron chi connectivity index (χ3n) is 8.30. The molecule has 14 heteroatoms. The van der Waals surface area contributed by atoms with Gasteiger partial charge < -0.3 is 37.1 Å². The second-order valence-electron chi connectivity index (χ2n) is 12.7. The normalized spacial score (nSPS) is 14.8. The Bertz CT molecular complexity index is 1360. The number of carbonyl (C=O) groups is 5. The highest BCUT2D eigenvalue weighted by molar-refractivity contribution is 5.98. The van der Waals surface area contributed by atoms with Crippen molar-refractivity contribution in [2.24, 2.45) is 11.8 Å². The van der Waals surface area contributed by atoms with Gasteiger partial charge in [0, 0.05) is 43.7 Å². The highest BCUT2D eigenvalue weighted by atomic mass is 16.5. The number of nitrogens with zero attached hydrogens (tertiary/aromatic N) is 2. The molecule has 270 valence electrons. The highest BCUT2D eigenvalue weighted by Crippen LogP contribution is 2.11. The molecule has 0 saturated heterocycles. The Morgan fingerprint density at radius 1 is 0.796 bits per heavy atom. The van der Waals surface area contributed by atoms with E-state index in [0.717, 1.165) is 5.56 Å². The van der Waals surface area contributed by atoms with Crippen molar-refractivity contribution in [2.45, 2.75) is 104 Å². The first-order valence-electron chi connectivity index (χ1n) is 17.1. The molecule has 0 fully saturated rings. The van der Waals surface area contributed by atoms with Gasteiger partial charge in [-0.1, -0.05) is 47.5 Å². The largest absolute Gasteiger partial charge is 0.619 e. The molecule has 0 saturated carbocycles. The van der Waals surface area contributed by atoms with Gasteiger partial charge in [-0.05, 0) is 56.2 Å². The summed E-state index contributed by atoms with van der Waals surface area (Å²) in [6.45, 7) is 13.5. The molecule has 0 aliphatic carbocycles. The molecule has 49 heavy (non-hydrogen) atoms. The molecule has 0 aromatic carbocycles. The van der Waals surface area contributed by atoms with Crippen molar-refractivity contribution in [1.29, 1.82) is 0 Å². The van der Waals surface area contributed by atoms with Crippen LogP contribution in [0.3, 0.4) is 0 Å². The van der Waals surface area contributed by atoms with Crippen LogP contribution in [0.25, 0.3) is 0 Å². The first-order valence-corrected chi connectivity index (χ1v) is 17.1. The van der Waals surface area contributed by atoms with Crippen LogP contribution >= 0.6 is 0 Å². The molecular weight excluding hydrogens is 628 g/mol. The van der Waals surface area contributed by atoms with Crippen molar-refractivity contribution >= 4 is 29.5 Å². The summed E-state index contributed by atoms with van der Waals surface area (Å²) in [6.07, 6.45) is 7.68. The number of rotatable bonds is 20. The molecular formula is C35H54N8O6. The van der Waals surface area contributed by atoms with Crippen molar-refractivity contribution in [3.8, 4) is 0 Å². The molecule has 2 heterocycles. The van der Waals surface area contributed by atoms with Crippen LogP contribution in [0, 0.1) is 17.0 Å². The summed E-state index contributed by atoms with van der Waals surface area (Å²) in [6, 6.07) is 2.76. The zero-order valence-corrected chi connectivity index (χ0v) is 29.7. The van der Waals surface area contributed by atoms with Gasteiger partial charge in [0.25, 0.3) is 5.91 Å². The Hall–Kier alpha value is -4.59. The fraction of sp³-hybridized carbons (Fsp3) is 0.571. The van der Waals surface area contributed by atoms with Crippen LogP contribution in [0.4, 0.5) is 0 Å². The predicted octanol–water partition coefficient (Wildman–Crippen LogP) is 1.13. The molecule has 14 nitrogen and oxygen atoms in total. The molecule has 2 aromatic heterocycles. The van der Waals surface area contributed by atoms with Gasteiger partial charge in [0.05, 0.1) is 11.6 Å². The van der Waals surface area contributed by atoms with E-state index in [4.69, 9.17) is 0 Å². The minimum atomic E-state index is -0.924. The van der Waals surface area contributed by atoms with Crippen molar-refractivity contribution in [3.05, 3.63) is 65.4 Å². The van der Waals surface area contributed by atoms with Gasteiger partial charge in [0.2, 0.25) is 23.6 Å². The topological polar surface area (TPSA) is 197 Å². The van der Waals surface area contributed by atoms with Gasteiger partial charge in [-0.3, -0.25) is 29.0 Å². The minimum Gasteiger partial charge on any atom is -0.619 e. The number of pyridine rings is 2. The van der Waals surface area contributed by atoms with Crippen molar-refractivity contribution in [3.63, 3.8) is 0 Å². The second kappa shape index (κ2) is 20.7. The monoisotopic (exact) mass is 682 g/mol. The number of nitrogens with one attached hydrogen (secondary N) is 6. The van der Waals surface area contributed by atoms with E-state index < -0.39 is 47.9 Å². The van der Waals surface area contributed by atoms with E-state index in [1.165, 1.54) is 24.5 Å². The second-order valence-corrected chi connectivity index (χ2v) is 12.7. The number of likely N-dealkylation sites (N-methyl/N-ethyl adjacent to an activating group) is 1. The molecule has 0 aliphatic rings. The lowest BCUT2D eigenvalue weighted by Gasteiger charge is -2.28. The molecule has 0 radical (unpaired) electrons. The Morgan fingerprint density at radius 2 is 1.45 bits per heavy atom. The van der Waals surface area contributed by atoms with Gasteiger partial charge in [-0.25, -0.2) is 0 Å². The minimum absolute atomic E-state index is 0.121. The summed E-state index contributed by atoms with van der Waals surface area (Å²) in [5.41, 5.74) is 1.14. The van der Waals surface area contributed by atoms with Crippen molar-refractivity contribution in [2.75, 3.05) is 13.1 Å². The smallest absolute Gasteiger partial charge is 0.252 e. The van der Waals surface area contributed by atoms with E-state index in [9.17, 15) is 29.2 Å². The van der Waals surface area contributed by atoms with Gasteiger partial charge in [0.15, 0.2) is 12.4 Å². The van der Waals surface area contributed by atoms with E-state index in [2.05, 4.69) is 36.9 Å². The lowest BCUT2D eigenvalue weighted by atomic mass is 9.97. The van der Waals surface area contributed by atoms with E-state index >= 15 is 0 Å². The highest BCUT2D eigenvalue weighted by Gasteiger charge is 2.31. The molecule has 6 N–H and O–H groups in total. The molecule has 0 spiro atoms. The maximum atomic E-state index is 13.7. The predicted molar refractivity (Wildman–Crippen MR) is 186 cm³/mol. The number of amides is 5. The molecule has 0 unspecified atom stereocenters. The Balaban J connectivity index is 2.18. The van der Waals surface area contributed by atoms with Crippen molar-refractivity contribution < 1.29 is 28.7 Å². The maximum absolute atomic E-state index is 13.7. The summed E-state index contributed by atoms with van der Waals surface area (Å²) in [7, 11) is 0. The molecule has 2 aromatic rings. The fourth-order valence-electron chi connectivity index (χ4n) is 5.10. The first-order chi connectivity index (χ1) is 23.3. The summed E-state index contributed by atoms with van der Waals surface area (Å²) in [5, 5.41) is 28.8. The average Bonchev–Trinajstić information content (AvgIpc) is 3.08. The van der Waals surface area contributed by atoms with Gasteiger partial charge in [-0.15, -0.1) is 0 Å². The number of hydrogen-bond donors (Lipinski definition) is 6. The zero-order valence-electron chi connectivity index (χ0n) is 29.7. The van der Waals surface area contributed by atoms with Crippen LogP contribution in [0.2, 0.25) is 0 Å². The van der Waals surface area contributed by atoms with Crippen LogP contribution in [-0.2, 0) is 25.6 Å². The van der Waals surface area contributed by atoms with Crippen LogP contribution in [0.15, 0.2) is 49.1 Å². The lowest BCUT2D eigenvalue weighted by Crippen LogP contribution is -2.58. The zero-order chi connectivity index (χ0) is 36.5. The molecule has 5 amide bonds. The first kappa shape index (κ1) is 40.6. The summed E-state index contributed by atoms with van der Waals surface area (Å²) in [4.78, 5) is 69.9. The fourth-order valence-corrected chi connectivity index (χ4v) is 5.10. The number of carbonyl (C=O) groups excluding carboxylic acids is 5. The van der Waals surface area contributed by atoms with Crippen LogP contribution in [-0.4, -0.2) is 77.8 Å². The Morgan fingerprint density at radius 3 is 2.02 bits per heavy atom. The Labute approximate surface area is 289 Å². The van der Waals surface area contributed by atoms with Crippen molar-refractivity contribution in [1.82, 2.24) is 36.9 Å². The summed E-state index contributed by atoms with van der Waals surface area (Å²) >= 11 is 0. The van der Waals surface area contributed by atoms with E-state index in [1.54, 1.807) is 19.3 Å². The Kier molecular flexibility index (Phi) is 17.1. The SMILES string of the molecule is CCC[C@H](NC(=O)[C@@H](NC(=O)c1cc[n+]([O-])cc1)[C@@H](C)CC)C(=O)N[C@H](CN[C@@H](C)C(=O)N[C@H](C(=O)NCC)C(C)C)Cc1ccncc1. The average molecular weight is 683 g/mol. The maximum Gasteiger partial charge on any atom is 0.252 e. The summed E-state index contributed by atoms with van der Waals surface area (Å²) < 4.78 is 0.563. The summed E-state index contributed by atoms with van der Waals surface area (Å²) in [5.74, 6) is -2.38. The van der Waals surface area contributed by atoms with Crippen LogP contribution in [0.1, 0.15) is 83.7 Å². The van der Waals surface area contributed by atoms with Crippen LogP contribution < -0.4 is 36.6 Å². The quantitative estimate of drug-likeness (QED) is 0.0883. The van der Waals surface area contributed by atoms with Gasteiger partial charge >= 0.3 is 0 Å². The van der Waals surface area contributed by atoms with E-state index in [-0.39, 0.29) is 35.8 Å². The molecule has 0 bridgehead atoms. The van der Waals surface area contributed by atoms with Gasteiger partial charge in [-0.2, -0.15) is 4.73 Å². The number of hydrogen-bond acceptors (Lipinski definition) is 8. The van der Waals surface area contributed by atoms with Gasteiger partial charge in [0.1, 0.15) is 18.1 Å². The van der Waals surface area contributed by atoms with E-state index in [1.807, 2.05) is 53.7 Å². The number of aromatic nitrogens is 2. The molecule has 0 aliphatic heterocycles. The molecule has 2 rings (SSSR count). The lowest BCUT2D eigenvalue weighted by molar-refractivity contribution is -0.605. The standard InChI is InChI=1S/C35H54N8O6/c1-8-11-28(40-35(48)30(23(6)9-2)42-32(45)26-14-18-43(49)19-15-26)33(46)39-27(20-25-12-16-36-17-13-25)21-38-24(7)31(44)41-29(22(4)5)34(47)37-10-3/h12-19,22-24,27-30,38H,8-11,20-21H2,1-7H3,(H,37,47)(H,39,46)(H,40,48)(H,41,44)(H,42,45)/t23-,24-,27-,28-,29-,30-/m0/s1. The molecule has 6 atom stereocenters. The third kappa shape index (κ3) is 13.4. The third-order valence-corrected chi connectivity index (χ3v) is 8.30. The van der Waals surface area contributed by atoms with E-state index in [0.29, 0.717) is 37.0 Å². The van der Waals surface area contributed by atoms with Crippen LogP contribution in [0.5, 0.6) is 0 Å².